The van der Waals surface area contributed by atoms with Crippen molar-refractivity contribution >= 4 is 40.7 Å². The molecule has 0 bridgehead atoms. The molecule has 0 aromatic heterocycles. The monoisotopic (exact) mass is 355 g/mol. The molecule has 3 rings (SSSR count). The van der Waals surface area contributed by atoms with Gasteiger partial charge in [0.05, 0.1) is 4.91 Å². The molecule has 122 valence electrons. The summed E-state index contributed by atoms with van der Waals surface area (Å²) in [5, 5.41) is -0.192. The Morgan fingerprint density at radius 3 is 2.42 bits per heavy atom. The van der Waals surface area contributed by atoms with Crippen LogP contribution in [0.5, 0.6) is 0 Å². The maximum Gasteiger partial charge on any atom is 0.293 e. The van der Waals surface area contributed by atoms with Gasteiger partial charge in [-0.2, -0.15) is 0 Å². The first kappa shape index (κ1) is 16.9. The first-order chi connectivity index (χ1) is 11.7. The van der Waals surface area contributed by atoms with Crippen LogP contribution in [0.2, 0.25) is 0 Å². The number of rotatable bonds is 5. The van der Waals surface area contributed by atoms with Gasteiger partial charge in [-0.3, -0.25) is 14.5 Å². The second kappa shape index (κ2) is 7.73. The van der Waals surface area contributed by atoms with Crippen LogP contribution in [0.3, 0.4) is 0 Å². The minimum atomic E-state index is -0.199. The highest BCUT2D eigenvalue weighted by Gasteiger charge is 2.34. The van der Waals surface area contributed by atoms with Crippen LogP contribution in [0.1, 0.15) is 11.1 Å². The van der Waals surface area contributed by atoms with Gasteiger partial charge in [0.25, 0.3) is 11.1 Å². The molecule has 1 fully saturated rings. The minimum Gasteiger partial charge on any atom is -0.268 e. The second-order valence-electron chi connectivity index (χ2n) is 5.34. The maximum absolute atomic E-state index is 12.5. The van der Waals surface area contributed by atoms with E-state index < -0.39 is 0 Å². The number of hydrogen-bond donors (Lipinski definition) is 0. The van der Waals surface area contributed by atoms with Crippen molar-refractivity contribution in [3.05, 3.63) is 70.6 Å². The quantitative estimate of drug-likeness (QED) is 0.576. The number of hydrogen-bond acceptors (Lipinski definition) is 4. The summed E-state index contributed by atoms with van der Waals surface area (Å²) in [6, 6.07) is 17.8. The summed E-state index contributed by atoms with van der Waals surface area (Å²) in [5.41, 5.74) is 2.05. The molecule has 2 amide bonds. The van der Waals surface area contributed by atoms with E-state index in [0.717, 1.165) is 22.9 Å². The summed E-state index contributed by atoms with van der Waals surface area (Å²) >= 11 is 2.69. The molecule has 0 spiro atoms. The fraction of sp³-hybridized carbons (Fsp3) is 0.158. The van der Waals surface area contributed by atoms with Crippen molar-refractivity contribution < 1.29 is 9.59 Å². The van der Waals surface area contributed by atoms with E-state index in [2.05, 4.69) is 0 Å². The average molecular weight is 355 g/mol. The van der Waals surface area contributed by atoms with Crippen molar-refractivity contribution in [3.8, 4) is 0 Å². The highest BCUT2D eigenvalue weighted by Crippen LogP contribution is 2.32. The Kier molecular flexibility index (Phi) is 5.43. The van der Waals surface area contributed by atoms with E-state index in [9.17, 15) is 9.59 Å². The number of amides is 2. The summed E-state index contributed by atoms with van der Waals surface area (Å²) in [6.07, 6.45) is 4.49. The predicted octanol–water partition coefficient (Wildman–Crippen LogP) is 4.69. The van der Waals surface area contributed by atoms with Crippen LogP contribution in [-0.4, -0.2) is 28.8 Å². The van der Waals surface area contributed by atoms with E-state index in [-0.39, 0.29) is 11.1 Å². The summed E-state index contributed by atoms with van der Waals surface area (Å²) in [6.45, 7) is 0.414. The Morgan fingerprint density at radius 1 is 1.04 bits per heavy atom. The van der Waals surface area contributed by atoms with Crippen LogP contribution in [0, 0.1) is 0 Å². The molecule has 0 aliphatic carbocycles. The Morgan fingerprint density at radius 2 is 1.75 bits per heavy atom. The molecule has 1 aliphatic heterocycles. The Hall–Kier alpha value is -1.98. The van der Waals surface area contributed by atoms with Gasteiger partial charge < -0.3 is 0 Å². The highest BCUT2D eigenvalue weighted by molar-refractivity contribution is 8.18. The zero-order valence-electron chi connectivity index (χ0n) is 13.3. The van der Waals surface area contributed by atoms with Gasteiger partial charge in [0, 0.05) is 11.4 Å². The number of benzene rings is 2. The van der Waals surface area contributed by atoms with Crippen LogP contribution < -0.4 is 0 Å². The first-order valence-electron chi connectivity index (χ1n) is 7.61. The lowest BCUT2D eigenvalue weighted by Gasteiger charge is -2.12. The van der Waals surface area contributed by atoms with Crippen LogP contribution in [-0.2, 0) is 11.2 Å². The van der Waals surface area contributed by atoms with Crippen molar-refractivity contribution in [2.24, 2.45) is 0 Å². The number of imide groups is 1. The molecule has 2 aromatic carbocycles. The fourth-order valence-electron chi connectivity index (χ4n) is 2.43. The van der Waals surface area contributed by atoms with Gasteiger partial charge in [0.2, 0.25) is 0 Å². The van der Waals surface area contributed by atoms with Gasteiger partial charge in [-0.05, 0) is 53.8 Å². The van der Waals surface area contributed by atoms with Crippen LogP contribution in [0.15, 0.2) is 64.4 Å². The van der Waals surface area contributed by atoms with E-state index in [1.807, 2.05) is 60.9 Å². The van der Waals surface area contributed by atoms with Crippen molar-refractivity contribution in [1.29, 1.82) is 0 Å². The molecular formula is C19H17NO2S2. The van der Waals surface area contributed by atoms with Crippen LogP contribution in [0.4, 0.5) is 4.79 Å². The Balaban J connectivity index is 1.69. The molecule has 5 heteroatoms. The van der Waals surface area contributed by atoms with Crippen molar-refractivity contribution in [1.82, 2.24) is 4.90 Å². The van der Waals surface area contributed by atoms with E-state index in [1.165, 1.54) is 9.80 Å². The first-order valence-corrected chi connectivity index (χ1v) is 9.65. The smallest absolute Gasteiger partial charge is 0.268 e. The van der Waals surface area contributed by atoms with Gasteiger partial charge in [-0.15, -0.1) is 11.8 Å². The molecule has 24 heavy (non-hydrogen) atoms. The molecular weight excluding hydrogens is 338 g/mol. The minimum absolute atomic E-state index is 0.192. The van der Waals surface area contributed by atoms with E-state index in [0.29, 0.717) is 17.9 Å². The van der Waals surface area contributed by atoms with Gasteiger partial charge in [-0.25, -0.2) is 0 Å². The zero-order valence-corrected chi connectivity index (χ0v) is 14.9. The zero-order chi connectivity index (χ0) is 16.9. The van der Waals surface area contributed by atoms with E-state index in [4.69, 9.17) is 0 Å². The SMILES string of the molecule is CSc1ccc(/C=C2\SC(=O)N(CCc3ccccc3)C2=O)cc1. The molecule has 0 atom stereocenters. The van der Waals surface area contributed by atoms with Gasteiger partial charge in [0.15, 0.2) is 0 Å². The Labute approximate surface area is 150 Å². The molecule has 1 aliphatic rings. The molecule has 0 N–H and O–H groups in total. The molecule has 0 unspecified atom stereocenters. The standard InChI is InChI=1S/C19H17NO2S2/c1-23-16-9-7-15(8-10-16)13-17-18(21)20(19(22)24-17)12-11-14-5-3-2-4-6-14/h2-10,13H,11-12H2,1H3/b17-13-. The normalized spacial score (nSPS) is 16.2. The number of carbonyl (C=O) groups is 2. The largest absolute Gasteiger partial charge is 0.293 e. The van der Waals surface area contributed by atoms with Crippen LogP contribution in [0.25, 0.3) is 6.08 Å². The maximum atomic E-state index is 12.5. The van der Waals surface area contributed by atoms with Gasteiger partial charge in [-0.1, -0.05) is 42.5 Å². The fourth-order valence-corrected chi connectivity index (χ4v) is 3.70. The van der Waals surface area contributed by atoms with Gasteiger partial charge >= 0.3 is 0 Å². The third-order valence-electron chi connectivity index (χ3n) is 3.75. The number of thioether (sulfide) groups is 2. The topological polar surface area (TPSA) is 37.4 Å². The lowest BCUT2D eigenvalue weighted by Crippen LogP contribution is -2.30. The Bertz CT molecular complexity index is 770. The molecule has 0 radical (unpaired) electrons. The summed E-state index contributed by atoms with van der Waals surface area (Å²) in [7, 11) is 0. The van der Waals surface area contributed by atoms with Crippen molar-refractivity contribution in [2.45, 2.75) is 11.3 Å². The third-order valence-corrected chi connectivity index (χ3v) is 5.41. The molecule has 0 saturated carbocycles. The third kappa shape index (κ3) is 3.91. The summed E-state index contributed by atoms with van der Waals surface area (Å²) in [5.74, 6) is -0.199. The molecule has 1 heterocycles. The molecule has 1 saturated heterocycles. The predicted molar refractivity (Wildman–Crippen MR) is 101 cm³/mol. The second-order valence-corrected chi connectivity index (χ2v) is 7.21. The van der Waals surface area contributed by atoms with Crippen LogP contribution >= 0.6 is 23.5 Å². The van der Waals surface area contributed by atoms with Crippen molar-refractivity contribution in [3.63, 3.8) is 0 Å². The molecule has 2 aromatic rings. The van der Waals surface area contributed by atoms with Gasteiger partial charge in [0.1, 0.15) is 0 Å². The lowest BCUT2D eigenvalue weighted by molar-refractivity contribution is -0.122. The number of nitrogens with zero attached hydrogens (tertiary/aromatic N) is 1. The van der Waals surface area contributed by atoms with E-state index >= 15 is 0 Å². The summed E-state index contributed by atoms with van der Waals surface area (Å²) < 4.78 is 0. The van der Waals surface area contributed by atoms with Crippen molar-refractivity contribution in [2.75, 3.05) is 12.8 Å². The number of carbonyl (C=O) groups excluding carboxylic acids is 2. The average Bonchev–Trinajstić information content (AvgIpc) is 2.88. The molecule has 3 nitrogen and oxygen atoms in total. The lowest BCUT2D eigenvalue weighted by atomic mass is 10.1. The summed E-state index contributed by atoms with van der Waals surface area (Å²) in [4.78, 5) is 27.6. The highest BCUT2D eigenvalue weighted by atomic mass is 32.2. The van der Waals surface area contributed by atoms with E-state index in [1.54, 1.807) is 17.8 Å².